The van der Waals surface area contributed by atoms with Crippen molar-refractivity contribution in [3.05, 3.63) is 0 Å². The maximum Gasteiger partial charge on any atom is 0.219 e. The number of carbonyl (C=O) groups is 1. The number of nitrogens with one attached hydrogen (secondary N) is 1. The normalized spacial score (nSPS) is 29.0. The Kier molecular flexibility index (Phi) is 11.5. The quantitative estimate of drug-likeness (QED) is 0.793. The van der Waals surface area contributed by atoms with Crippen LogP contribution in [0.3, 0.4) is 0 Å². The fraction of sp³-hybridized carbons (Fsp3) is 0.955. The largest absolute Gasteiger partial charge is 0.353 e. The molecule has 1 saturated carbocycles. The first-order chi connectivity index (χ1) is 13.1. The van der Waals surface area contributed by atoms with Gasteiger partial charge in [0, 0.05) is 58.3 Å². The topological polar surface area (TPSA) is 38.8 Å². The number of piperazine rings is 1. The summed E-state index contributed by atoms with van der Waals surface area (Å²) < 4.78 is 0. The summed E-state index contributed by atoms with van der Waals surface area (Å²) in [5.74, 6) is 0.219. The van der Waals surface area contributed by atoms with Crippen LogP contribution in [0.1, 0.15) is 66.7 Å². The predicted molar refractivity (Wildman–Crippen MR) is 116 cm³/mol. The third kappa shape index (κ3) is 7.71. The lowest BCUT2D eigenvalue weighted by atomic mass is 9.85. The van der Waals surface area contributed by atoms with Crippen molar-refractivity contribution in [3.63, 3.8) is 0 Å². The lowest BCUT2D eigenvalue weighted by Gasteiger charge is -2.33. The van der Waals surface area contributed by atoms with E-state index < -0.39 is 0 Å². The molecule has 2 aliphatic heterocycles. The number of likely N-dealkylation sites (N-methyl/N-ethyl adjacent to an activating group) is 1. The van der Waals surface area contributed by atoms with Crippen LogP contribution in [0.15, 0.2) is 0 Å². The van der Waals surface area contributed by atoms with Crippen LogP contribution in [-0.4, -0.2) is 86.1 Å². The van der Waals surface area contributed by atoms with Gasteiger partial charge in [0.05, 0.1) is 0 Å². The van der Waals surface area contributed by atoms with Gasteiger partial charge >= 0.3 is 0 Å². The SMILES string of the molecule is CC.CC.CCC(=O)NC1CCC2(CCN(CCN3CCN(C)CC3)C2)C1. The Morgan fingerprint density at radius 3 is 2.22 bits per heavy atom. The number of hydrogen-bond donors (Lipinski definition) is 1. The molecule has 1 amide bonds. The van der Waals surface area contributed by atoms with E-state index in [9.17, 15) is 4.79 Å². The molecule has 2 unspecified atom stereocenters. The van der Waals surface area contributed by atoms with Gasteiger partial charge in [-0.05, 0) is 44.7 Å². The molecule has 2 saturated heterocycles. The van der Waals surface area contributed by atoms with Crippen LogP contribution in [0.4, 0.5) is 0 Å². The molecule has 0 bridgehead atoms. The second kappa shape index (κ2) is 12.7. The van der Waals surface area contributed by atoms with Crippen molar-refractivity contribution in [2.75, 3.05) is 59.4 Å². The van der Waals surface area contributed by atoms with E-state index in [2.05, 4.69) is 27.1 Å². The maximum absolute atomic E-state index is 11.6. The fourth-order valence-corrected chi connectivity index (χ4v) is 4.60. The van der Waals surface area contributed by atoms with Crippen LogP contribution in [0.25, 0.3) is 0 Å². The van der Waals surface area contributed by atoms with Gasteiger partial charge in [-0.25, -0.2) is 0 Å². The van der Waals surface area contributed by atoms with E-state index in [1.807, 2.05) is 34.6 Å². The zero-order valence-electron chi connectivity index (χ0n) is 19.0. The minimum atomic E-state index is 0.219. The maximum atomic E-state index is 11.6. The number of carbonyl (C=O) groups excluding carboxylic acids is 1. The standard InChI is InChI=1S/C18H34N4O.2C2H6/c1-3-17(23)19-16-4-5-18(14-16)6-7-22(15-18)13-12-21-10-8-20(2)9-11-21;2*1-2/h16H,3-15H2,1-2H3,(H,19,23);2*1-2H3. The molecule has 1 N–H and O–H groups in total. The van der Waals surface area contributed by atoms with Crippen molar-refractivity contribution in [2.24, 2.45) is 5.41 Å². The average Bonchev–Trinajstić information content (AvgIpc) is 3.30. The molecule has 5 nitrogen and oxygen atoms in total. The van der Waals surface area contributed by atoms with E-state index >= 15 is 0 Å². The summed E-state index contributed by atoms with van der Waals surface area (Å²) in [6, 6.07) is 0.431. The lowest BCUT2D eigenvalue weighted by Crippen LogP contribution is -2.46. The highest BCUT2D eigenvalue weighted by atomic mass is 16.1. The summed E-state index contributed by atoms with van der Waals surface area (Å²) in [4.78, 5) is 19.3. The molecule has 0 aromatic heterocycles. The van der Waals surface area contributed by atoms with Gasteiger partial charge in [-0.2, -0.15) is 0 Å². The molecule has 160 valence electrons. The van der Waals surface area contributed by atoms with Gasteiger partial charge in [0.1, 0.15) is 0 Å². The number of amides is 1. The molecule has 3 aliphatic rings. The Labute approximate surface area is 168 Å². The molecule has 3 rings (SSSR count). The molecule has 0 aromatic carbocycles. The number of hydrogen-bond acceptors (Lipinski definition) is 4. The number of rotatable bonds is 5. The van der Waals surface area contributed by atoms with E-state index in [1.54, 1.807) is 0 Å². The van der Waals surface area contributed by atoms with Gasteiger partial charge < -0.3 is 15.1 Å². The van der Waals surface area contributed by atoms with Crippen molar-refractivity contribution in [1.82, 2.24) is 20.0 Å². The highest BCUT2D eigenvalue weighted by molar-refractivity contribution is 5.75. The Hall–Kier alpha value is -0.650. The Morgan fingerprint density at radius 2 is 1.59 bits per heavy atom. The lowest BCUT2D eigenvalue weighted by molar-refractivity contribution is -0.121. The molecule has 1 aliphatic carbocycles. The number of likely N-dealkylation sites (tertiary alicyclic amines) is 1. The summed E-state index contributed by atoms with van der Waals surface area (Å²) in [6.07, 6.45) is 5.61. The van der Waals surface area contributed by atoms with Gasteiger partial charge in [0.25, 0.3) is 0 Å². The first-order valence-electron chi connectivity index (χ1n) is 11.5. The van der Waals surface area contributed by atoms with E-state index in [0.29, 0.717) is 17.9 Å². The Balaban J connectivity index is 0.000000855. The summed E-state index contributed by atoms with van der Waals surface area (Å²) in [5.41, 5.74) is 0.494. The summed E-state index contributed by atoms with van der Waals surface area (Å²) >= 11 is 0. The van der Waals surface area contributed by atoms with Gasteiger partial charge in [0.2, 0.25) is 5.91 Å². The average molecular weight is 383 g/mol. The molecular formula is C22H46N4O. The minimum Gasteiger partial charge on any atom is -0.353 e. The summed E-state index contributed by atoms with van der Waals surface area (Å²) in [6.45, 7) is 19.8. The van der Waals surface area contributed by atoms with Crippen LogP contribution in [0.2, 0.25) is 0 Å². The zero-order valence-corrected chi connectivity index (χ0v) is 19.0. The Morgan fingerprint density at radius 1 is 0.963 bits per heavy atom. The summed E-state index contributed by atoms with van der Waals surface area (Å²) in [5, 5.41) is 3.21. The van der Waals surface area contributed by atoms with E-state index in [1.165, 1.54) is 78.0 Å². The van der Waals surface area contributed by atoms with Crippen LogP contribution in [0, 0.1) is 5.41 Å². The second-order valence-corrected chi connectivity index (χ2v) is 8.03. The van der Waals surface area contributed by atoms with Crippen molar-refractivity contribution in [3.8, 4) is 0 Å². The third-order valence-electron chi connectivity index (χ3n) is 6.23. The van der Waals surface area contributed by atoms with Crippen molar-refractivity contribution < 1.29 is 4.79 Å². The molecular weight excluding hydrogens is 336 g/mol. The van der Waals surface area contributed by atoms with Crippen LogP contribution >= 0.6 is 0 Å². The van der Waals surface area contributed by atoms with Gasteiger partial charge in [-0.3, -0.25) is 9.69 Å². The van der Waals surface area contributed by atoms with Crippen molar-refractivity contribution in [2.45, 2.75) is 72.8 Å². The Bertz CT molecular complexity index is 409. The van der Waals surface area contributed by atoms with E-state index in [0.717, 1.165) is 0 Å². The molecule has 0 radical (unpaired) electrons. The fourth-order valence-electron chi connectivity index (χ4n) is 4.60. The molecule has 27 heavy (non-hydrogen) atoms. The molecule has 1 spiro atoms. The third-order valence-corrected chi connectivity index (χ3v) is 6.23. The van der Waals surface area contributed by atoms with Crippen molar-refractivity contribution >= 4 is 5.91 Å². The first kappa shape index (κ1) is 24.4. The van der Waals surface area contributed by atoms with Crippen LogP contribution in [-0.2, 0) is 4.79 Å². The van der Waals surface area contributed by atoms with E-state index in [-0.39, 0.29) is 5.91 Å². The van der Waals surface area contributed by atoms with Crippen molar-refractivity contribution in [1.29, 1.82) is 0 Å². The predicted octanol–water partition coefficient (Wildman–Crippen LogP) is 3.06. The van der Waals surface area contributed by atoms with Crippen LogP contribution < -0.4 is 5.32 Å². The first-order valence-corrected chi connectivity index (χ1v) is 11.5. The molecule has 3 fully saturated rings. The highest BCUT2D eigenvalue weighted by Gasteiger charge is 2.44. The molecule has 5 heteroatoms. The monoisotopic (exact) mass is 382 g/mol. The zero-order chi connectivity index (χ0) is 20.3. The number of nitrogens with zero attached hydrogens (tertiary/aromatic N) is 3. The molecule has 0 aromatic rings. The molecule has 2 atom stereocenters. The minimum absolute atomic E-state index is 0.219. The van der Waals surface area contributed by atoms with Gasteiger partial charge in [0.15, 0.2) is 0 Å². The van der Waals surface area contributed by atoms with Gasteiger partial charge in [-0.15, -0.1) is 0 Å². The summed E-state index contributed by atoms with van der Waals surface area (Å²) in [7, 11) is 2.22. The molecule has 2 heterocycles. The smallest absolute Gasteiger partial charge is 0.219 e. The second-order valence-electron chi connectivity index (χ2n) is 8.03. The van der Waals surface area contributed by atoms with Crippen LogP contribution in [0.5, 0.6) is 0 Å². The highest BCUT2D eigenvalue weighted by Crippen LogP contribution is 2.45. The van der Waals surface area contributed by atoms with Gasteiger partial charge in [-0.1, -0.05) is 34.6 Å². The van der Waals surface area contributed by atoms with E-state index in [4.69, 9.17) is 0 Å².